The molecular weight excluding hydrogens is 397 g/mol. The van der Waals surface area contributed by atoms with Gasteiger partial charge in [0.2, 0.25) is 0 Å². The molecule has 0 aliphatic carbocycles. The minimum atomic E-state index is 0.605. The number of rotatable bonds is 3. The maximum atomic E-state index is 6.18. The Hall–Kier alpha value is -1.53. The summed E-state index contributed by atoms with van der Waals surface area (Å²) in [7, 11) is 0. The average molecular weight is 410 g/mol. The molecule has 0 saturated heterocycles. The third-order valence-corrected chi connectivity index (χ3v) is 4.29. The lowest BCUT2D eigenvalue weighted by Crippen LogP contribution is -2.00. The van der Waals surface area contributed by atoms with Gasteiger partial charge in [-0.1, -0.05) is 41.9 Å². The van der Waals surface area contributed by atoms with Gasteiger partial charge in [0.15, 0.2) is 0 Å². The first kappa shape index (κ1) is 14.4. The lowest BCUT2D eigenvalue weighted by atomic mass is 10.1. The quantitative estimate of drug-likeness (QED) is 0.650. The van der Waals surface area contributed by atoms with Crippen molar-refractivity contribution in [3.05, 3.63) is 68.9 Å². The highest BCUT2D eigenvalue weighted by atomic mass is 127. The SMILES string of the molecule is Nc1cn(Cc2ccccc2Cl)nc1-c1ccc(I)cc1. The molecule has 0 amide bonds. The first-order valence-electron chi connectivity index (χ1n) is 6.46. The van der Waals surface area contributed by atoms with Crippen molar-refractivity contribution >= 4 is 39.9 Å². The molecule has 0 aliphatic heterocycles. The second-order valence-electron chi connectivity index (χ2n) is 4.73. The summed E-state index contributed by atoms with van der Waals surface area (Å²) in [6.45, 7) is 0.605. The van der Waals surface area contributed by atoms with E-state index in [1.165, 1.54) is 3.57 Å². The van der Waals surface area contributed by atoms with Gasteiger partial charge in [-0.25, -0.2) is 0 Å². The summed E-state index contributed by atoms with van der Waals surface area (Å²) in [4.78, 5) is 0. The van der Waals surface area contributed by atoms with E-state index in [1.54, 1.807) is 0 Å². The van der Waals surface area contributed by atoms with Crippen LogP contribution in [0.1, 0.15) is 5.56 Å². The van der Waals surface area contributed by atoms with Gasteiger partial charge in [-0.05, 0) is 46.4 Å². The van der Waals surface area contributed by atoms with Gasteiger partial charge in [0.25, 0.3) is 0 Å². The van der Waals surface area contributed by atoms with E-state index in [0.717, 1.165) is 21.8 Å². The average Bonchev–Trinajstić information content (AvgIpc) is 2.83. The number of benzene rings is 2. The number of nitrogens with two attached hydrogens (primary N) is 1. The maximum Gasteiger partial charge on any atom is 0.115 e. The molecule has 5 heteroatoms. The molecule has 0 aliphatic rings. The smallest absolute Gasteiger partial charge is 0.115 e. The summed E-state index contributed by atoms with van der Waals surface area (Å²) < 4.78 is 3.01. The standard InChI is InChI=1S/C16H13ClIN3/c17-14-4-2-1-3-12(14)9-21-10-15(19)16(20-21)11-5-7-13(18)8-6-11/h1-8,10H,9,19H2. The van der Waals surface area contributed by atoms with Crippen molar-refractivity contribution in [2.24, 2.45) is 0 Å². The van der Waals surface area contributed by atoms with Crippen LogP contribution in [0.15, 0.2) is 54.7 Å². The van der Waals surface area contributed by atoms with Crippen LogP contribution in [0.2, 0.25) is 5.02 Å². The van der Waals surface area contributed by atoms with E-state index in [1.807, 2.05) is 59.4 Å². The Morgan fingerprint density at radius 2 is 1.81 bits per heavy atom. The van der Waals surface area contributed by atoms with Crippen LogP contribution in [-0.4, -0.2) is 9.78 Å². The largest absolute Gasteiger partial charge is 0.396 e. The minimum absolute atomic E-state index is 0.605. The van der Waals surface area contributed by atoms with Gasteiger partial charge >= 0.3 is 0 Å². The minimum Gasteiger partial charge on any atom is -0.396 e. The summed E-state index contributed by atoms with van der Waals surface area (Å²) in [6, 6.07) is 15.9. The van der Waals surface area contributed by atoms with Crippen LogP contribution in [0.5, 0.6) is 0 Å². The van der Waals surface area contributed by atoms with Crippen LogP contribution >= 0.6 is 34.2 Å². The van der Waals surface area contributed by atoms with Gasteiger partial charge < -0.3 is 5.73 Å². The van der Waals surface area contributed by atoms with E-state index < -0.39 is 0 Å². The Kier molecular flexibility index (Phi) is 4.17. The van der Waals surface area contributed by atoms with Gasteiger partial charge in [0.1, 0.15) is 5.69 Å². The summed E-state index contributed by atoms with van der Waals surface area (Å²) in [6.07, 6.45) is 1.84. The van der Waals surface area contributed by atoms with Crippen molar-refractivity contribution < 1.29 is 0 Å². The zero-order chi connectivity index (χ0) is 14.8. The number of halogens is 2. The Labute approximate surface area is 141 Å². The molecule has 0 unspecified atom stereocenters. The molecular formula is C16H13ClIN3. The van der Waals surface area contributed by atoms with Crippen LogP contribution in [-0.2, 0) is 6.54 Å². The summed E-state index contributed by atoms with van der Waals surface area (Å²) in [5.41, 5.74) is 9.60. The fraction of sp³-hybridized carbons (Fsp3) is 0.0625. The zero-order valence-electron chi connectivity index (χ0n) is 11.1. The Bertz CT molecular complexity index is 765. The molecule has 0 saturated carbocycles. The van der Waals surface area contributed by atoms with Gasteiger partial charge in [-0.15, -0.1) is 0 Å². The molecule has 3 aromatic rings. The third-order valence-electron chi connectivity index (χ3n) is 3.20. The van der Waals surface area contributed by atoms with Crippen molar-refractivity contribution in [3.8, 4) is 11.3 Å². The summed E-state index contributed by atoms with van der Waals surface area (Å²) in [5, 5.41) is 5.31. The lowest BCUT2D eigenvalue weighted by Gasteiger charge is -2.04. The molecule has 0 spiro atoms. The third kappa shape index (κ3) is 3.22. The Balaban J connectivity index is 1.91. The summed E-state index contributed by atoms with van der Waals surface area (Å²) in [5.74, 6) is 0. The molecule has 0 bridgehead atoms. The van der Waals surface area contributed by atoms with Gasteiger partial charge in [0, 0.05) is 20.4 Å². The fourth-order valence-electron chi connectivity index (χ4n) is 2.15. The lowest BCUT2D eigenvalue weighted by molar-refractivity contribution is 0.690. The fourth-order valence-corrected chi connectivity index (χ4v) is 2.71. The number of nitrogens with zero attached hydrogens (tertiary/aromatic N) is 2. The monoisotopic (exact) mass is 409 g/mol. The van der Waals surface area contributed by atoms with Crippen molar-refractivity contribution in [3.63, 3.8) is 0 Å². The van der Waals surface area contributed by atoms with E-state index in [0.29, 0.717) is 12.2 Å². The molecule has 2 N–H and O–H groups in total. The normalized spacial score (nSPS) is 10.8. The Morgan fingerprint density at radius 1 is 1.10 bits per heavy atom. The van der Waals surface area contributed by atoms with E-state index in [2.05, 4.69) is 27.7 Å². The molecule has 1 aromatic heterocycles. The molecule has 3 rings (SSSR count). The number of nitrogen functional groups attached to an aromatic ring is 1. The van der Waals surface area contributed by atoms with Crippen LogP contribution < -0.4 is 5.73 Å². The number of aromatic nitrogens is 2. The van der Waals surface area contributed by atoms with Gasteiger partial charge in [0.05, 0.1) is 12.2 Å². The molecule has 0 atom stereocenters. The van der Waals surface area contributed by atoms with Crippen molar-refractivity contribution in [2.45, 2.75) is 6.54 Å². The zero-order valence-corrected chi connectivity index (χ0v) is 14.0. The van der Waals surface area contributed by atoms with Crippen LogP contribution in [0.25, 0.3) is 11.3 Å². The van der Waals surface area contributed by atoms with E-state index >= 15 is 0 Å². The van der Waals surface area contributed by atoms with E-state index in [9.17, 15) is 0 Å². The highest BCUT2D eigenvalue weighted by Crippen LogP contribution is 2.25. The highest BCUT2D eigenvalue weighted by molar-refractivity contribution is 14.1. The number of hydrogen-bond acceptors (Lipinski definition) is 2. The van der Waals surface area contributed by atoms with Gasteiger partial charge in [-0.3, -0.25) is 4.68 Å². The highest BCUT2D eigenvalue weighted by Gasteiger charge is 2.09. The van der Waals surface area contributed by atoms with E-state index in [-0.39, 0.29) is 0 Å². The molecule has 0 fully saturated rings. The molecule has 0 radical (unpaired) electrons. The second-order valence-corrected chi connectivity index (χ2v) is 6.38. The number of hydrogen-bond donors (Lipinski definition) is 1. The molecule has 2 aromatic carbocycles. The first-order chi connectivity index (χ1) is 10.1. The predicted molar refractivity (Wildman–Crippen MR) is 95.3 cm³/mol. The van der Waals surface area contributed by atoms with Crippen molar-refractivity contribution in [1.82, 2.24) is 9.78 Å². The number of anilines is 1. The van der Waals surface area contributed by atoms with Crippen LogP contribution in [0, 0.1) is 3.57 Å². The maximum absolute atomic E-state index is 6.18. The van der Waals surface area contributed by atoms with Gasteiger partial charge in [-0.2, -0.15) is 5.10 Å². The van der Waals surface area contributed by atoms with Crippen LogP contribution in [0.3, 0.4) is 0 Å². The topological polar surface area (TPSA) is 43.8 Å². The molecule has 106 valence electrons. The molecule has 3 nitrogen and oxygen atoms in total. The summed E-state index contributed by atoms with van der Waals surface area (Å²) >= 11 is 8.46. The predicted octanol–water partition coefficient (Wildman–Crippen LogP) is 4.44. The molecule has 1 heterocycles. The first-order valence-corrected chi connectivity index (χ1v) is 7.91. The van der Waals surface area contributed by atoms with Crippen molar-refractivity contribution in [1.29, 1.82) is 0 Å². The molecule has 21 heavy (non-hydrogen) atoms. The second kappa shape index (κ2) is 6.07. The van der Waals surface area contributed by atoms with Crippen molar-refractivity contribution in [2.75, 3.05) is 5.73 Å². The Morgan fingerprint density at radius 3 is 2.52 bits per heavy atom. The van der Waals surface area contributed by atoms with E-state index in [4.69, 9.17) is 17.3 Å². The van der Waals surface area contributed by atoms with Crippen LogP contribution in [0.4, 0.5) is 5.69 Å².